The van der Waals surface area contributed by atoms with Crippen molar-refractivity contribution in [2.24, 2.45) is 5.41 Å². The van der Waals surface area contributed by atoms with Crippen LogP contribution < -0.4 is 0 Å². The van der Waals surface area contributed by atoms with Gasteiger partial charge in [0, 0.05) is 8.07 Å². The monoisotopic (exact) mass is 442 g/mol. The summed E-state index contributed by atoms with van der Waals surface area (Å²) in [5, 5.41) is 0. The summed E-state index contributed by atoms with van der Waals surface area (Å²) in [6.45, 7) is 9.57. The third kappa shape index (κ3) is 12.1. The van der Waals surface area contributed by atoms with Crippen molar-refractivity contribution in [3.63, 3.8) is 0 Å². The molecule has 5 heteroatoms. The lowest BCUT2D eigenvalue weighted by Gasteiger charge is -2.28. The summed E-state index contributed by atoms with van der Waals surface area (Å²) in [5.74, 6) is 0. The van der Waals surface area contributed by atoms with Gasteiger partial charge in [-0.2, -0.15) is 8.42 Å². The third-order valence-corrected chi connectivity index (χ3v) is 10.8. The third-order valence-electron chi connectivity index (χ3n) is 6.53. The van der Waals surface area contributed by atoms with Crippen LogP contribution in [0.25, 0.3) is 0 Å². The predicted molar refractivity (Wildman–Crippen MR) is 130 cm³/mol. The first-order valence-electron chi connectivity index (χ1n) is 11.9. The Morgan fingerprint density at radius 2 is 1.45 bits per heavy atom. The average Bonchev–Trinajstić information content (AvgIpc) is 2.63. The van der Waals surface area contributed by atoms with Crippen molar-refractivity contribution in [3.8, 4) is 0 Å². The van der Waals surface area contributed by atoms with E-state index in [-0.39, 0.29) is 10.3 Å². The summed E-state index contributed by atoms with van der Waals surface area (Å²) in [6, 6.07) is 2.91. The largest absolute Gasteiger partial charge is 0.294 e. The van der Waals surface area contributed by atoms with Crippen molar-refractivity contribution in [2.45, 2.75) is 123 Å². The van der Waals surface area contributed by atoms with Crippen molar-refractivity contribution in [3.05, 3.63) is 23.1 Å². The zero-order chi connectivity index (χ0) is 21.8. The van der Waals surface area contributed by atoms with Crippen LogP contribution in [0.15, 0.2) is 23.1 Å². The van der Waals surface area contributed by atoms with Gasteiger partial charge in [-0.15, -0.1) is 0 Å². The van der Waals surface area contributed by atoms with Crippen LogP contribution in [0.2, 0.25) is 25.2 Å². The molecule has 0 radical (unpaired) electrons. The number of rotatable bonds is 16. The maximum atomic E-state index is 11.2. The molecule has 0 saturated carbocycles. The molecule has 0 aromatic heterocycles. The molecule has 0 bridgehead atoms. The normalized spacial score (nSPS) is 20.1. The molecule has 1 N–H and O–H groups in total. The second kappa shape index (κ2) is 13.1. The number of unbranched alkanes of at least 4 members (excludes halogenated alkanes) is 9. The minimum atomic E-state index is -4.06. The Morgan fingerprint density at radius 3 is 1.93 bits per heavy atom. The summed E-state index contributed by atoms with van der Waals surface area (Å²) in [5.41, 5.74) is 0.0261. The van der Waals surface area contributed by atoms with Gasteiger partial charge in [-0.25, -0.2) is 0 Å². The van der Waals surface area contributed by atoms with Gasteiger partial charge < -0.3 is 0 Å². The molecule has 0 amide bonds. The van der Waals surface area contributed by atoms with E-state index in [9.17, 15) is 8.42 Å². The van der Waals surface area contributed by atoms with E-state index < -0.39 is 18.2 Å². The zero-order valence-corrected chi connectivity index (χ0v) is 21.3. The van der Waals surface area contributed by atoms with Crippen LogP contribution in [-0.4, -0.2) is 21.0 Å². The Kier molecular flexibility index (Phi) is 12.0. The van der Waals surface area contributed by atoms with Crippen LogP contribution in [0.1, 0.15) is 97.3 Å². The van der Waals surface area contributed by atoms with E-state index in [2.05, 4.69) is 26.9 Å². The lowest BCUT2D eigenvalue weighted by molar-refractivity contribution is 0.373. The lowest BCUT2D eigenvalue weighted by atomic mass is 9.79. The molecule has 1 unspecified atom stereocenters. The second-order valence-electron chi connectivity index (χ2n) is 10.2. The first-order valence-corrected chi connectivity index (χ1v) is 16.8. The maximum Gasteiger partial charge on any atom is 0.294 e. The summed E-state index contributed by atoms with van der Waals surface area (Å²) < 4.78 is 31.5. The van der Waals surface area contributed by atoms with Crippen molar-refractivity contribution in [2.75, 3.05) is 0 Å². The molecule has 1 atom stereocenters. The molecule has 1 aliphatic rings. The average molecular weight is 443 g/mol. The van der Waals surface area contributed by atoms with E-state index >= 15 is 0 Å². The Balaban J connectivity index is 2.11. The molecule has 0 aliphatic heterocycles. The van der Waals surface area contributed by atoms with Gasteiger partial charge in [0.05, 0.1) is 4.91 Å². The van der Waals surface area contributed by atoms with E-state index in [1.165, 1.54) is 82.7 Å². The number of hydrogen-bond donors (Lipinski definition) is 1. The van der Waals surface area contributed by atoms with Crippen LogP contribution in [-0.2, 0) is 10.1 Å². The van der Waals surface area contributed by atoms with Crippen LogP contribution >= 0.6 is 0 Å². The highest BCUT2D eigenvalue weighted by molar-refractivity contribution is 7.90. The quantitative estimate of drug-likeness (QED) is 0.149. The molecule has 29 heavy (non-hydrogen) atoms. The first-order chi connectivity index (χ1) is 13.6. The van der Waals surface area contributed by atoms with E-state index in [0.717, 1.165) is 6.42 Å². The predicted octanol–water partition coefficient (Wildman–Crippen LogP) is 8.13. The maximum absolute atomic E-state index is 11.2. The Morgan fingerprint density at radius 1 is 0.931 bits per heavy atom. The van der Waals surface area contributed by atoms with Gasteiger partial charge in [-0.3, -0.25) is 4.55 Å². The summed E-state index contributed by atoms with van der Waals surface area (Å²) in [7, 11) is -5.10. The molecule has 1 aliphatic carbocycles. The van der Waals surface area contributed by atoms with Gasteiger partial charge in [0.1, 0.15) is 0 Å². The zero-order valence-electron chi connectivity index (χ0n) is 19.5. The molecule has 0 saturated heterocycles. The van der Waals surface area contributed by atoms with Crippen molar-refractivity contribution >= 4 is 18.2 Å². The fourth-order valence-electron chi connectivity index (χ4n) is 4.30. The molecular weight excluding hydrogens is 396 g/mol. The molecule has 170 valence electrons. The van der Waals surface area contributed by atoms with Gasteiger partial charge in [0.25, 0.3) is 10.1 Å². The molecule has 0 fully saturated rings. The van der Waals surface area contributed by atoms with Gasteiger partial charge in [-0.1, -0.05) is 122 Å². The van der Waals surface area contributed by atoms with Gasteiger partial charge >= 0.3 is 0 Å². The molecule has 0 heterocycles. The highest BCUT2D eigenvalue weighted by Gasteiger charge is 2.25. The minimum Gasteiger partial charge on any atom is -0.282 e. The van der Waals surface area contributed by atoms with Crippen LogP contribution in [0, 0.1) is 5.41 Å². The Labute approximate surface area is 182 Å². The van der Waals surface area contributed by atoms with Gasteiger partial charge in [-0.05, 0) is 24.3 Å². The highest BCUT2D eigenvalue weighted by Crippen LogP contribution is 2.36. The summed E-state index contributed by atoms with van der Waals surface area (Å²) in [4.78, 5) is 0.0451. The van der Waals surface area contributed by atoms with Gasteiger partial charge in [0.2, 0.25) is 0 Å². The topological polar surface area (TPSA) is 54.4 Å². The van der Waals surface area contributed by atoms with Crippen molar-refractivity contribution in [1.82, 2.24) is 0 Å². The number of allylic oxidation sites excluding steroid dienone is 3. The second-order valence-corrected chi connectivity index (χ2v) is 17.0. The Bertz CT molecular complexity index is 622. The van der Waals surface area contributed by atoms with Crippen LogP contribution in [0.4, 0.5) is 0 Å². The van der Waals surface area contributed by atoms with E-state index in [1.54, 1.807) is 12.2 Å². The molecule has 0 aromatic carbocycles. The fourth-order valence-corrected chi connectivity index (χ4v) is 7.50. The lowest BCUT2D eigenvalue weighted by Crippen LogP contribution is -2.24. The summed E-state index contributed by atoms with van der Waals surface area (Å²) >= 11 is 0. The molecular formula is C24H46O3SSi. The fraction of sp³-hybridized carbons (Fsp3) is 0.833. The van der Waals surface area contributed by atoms with E-state index in [0.29, 0.717) is 6.42 Å². The molecule has 0 aromatic rings. The SMILES string of the molecule is CCCCCCCCCC[Si](C)(C)CCCCCC1(C)C=CC(S(=O)(=O)O)=CC1. The minimum absolute atomic E-state index is 0.0261. The van der Waals surface area contributed by atoms with Crippen molar-refractivity contribution < 1.29 is 13.0 Å². The van der Waals surface area contributed by atoms with E-state index in [4.69, 9.17) is 4.55 Å². The standard InChI is InChI=1S/C24H46O3SSi/c1-5-6-7-8-9-10-11-14-21-29(3,4)22-15-12-13-18-24(2)19-16-23(17-20-24)28(25,26)27/h16-17,19H,5-15,18,20-22H2,1-4H3,(H,25,26,27). The Hall–Kier alpha value is -0.393. The number of hydrogen-bond acceptors (Lipinski definition) is 2. The van der Waals surface area contributed by atoms with Crippen molar-refractivity contribution in [1.29, 1.82) is 0 Å². The first kappa shape index (κ1) is 26.6. The highest BCUT2D eigenvalue weighted by atomic mass is 32.2. The van der Waals surface area contributed by atoms with Gasteiger partial charge in [0.15, 0.2) is 0 Å². The molecule has 3 nitrogen and oxygen atoms in total. The molecule has 0 spiro atoms. The smallest absolute Gasteiger partial charge is 0.282 e. The summed E-state index contributed by atoms with van der Waals surface area (Å²) in [6.07, 6.45) is 22.1. The van der Waals surface area contributed by atoms with E-state index in [1.807, 2.05) is 6.08 Å². The molecule has 1 rings (SSSR count). The van der Waals surface area contributed by atoms with Crippen LogP contribution in [0.3, 0.4) is 0 Å². The van der Waals surface area contributed by atoms with Crippen LogP contribution in [0.5, 0.6) is 0 Å².